The molecule has 4 N–H and O–H groups in total. The van der Waals surface area contributed by atoms with Crippen molar-refractivity contribution in [2.45, 2.75) is 112 Å². The molecular weight excluding hydrogens is 354 g/mol. The number of ether oxygens (including phenoxy) is 1. The molecule has 0 bridgehead atoms. The molecule has 0 aliphatic carbocycles. The Labute approximate surface area is 172 Å². The lowest BCUT2D eigenvalue weighted by Gasteiger charge is -2.34. The third-order valence-electron chi connectivity index (χ3n) is 4.48. The average Bonchev–Trinajstić information content (AvgIpc) is 2.46. The third-order valence-corrected chi connectivity index (χ3v) is 4.48. The maximum Gasteiger partial charge on any atom is 0.329 e. The first-order valence-corrected chi connectivity index (χ1v) is 10.5. The van der Waals surface area contributed by atoms with Gasteiger partial charge in [0.2, 0.25) is 0 Å². The van der Waals surface area contributed by atoms with Crippen LogP contribution in [0.2, 0.25) is 0 Å². The summed E-state index contributed by atoms with van der Waals surface area (Å²) in [7, 11) is 0. The molecule has 28 heavy (non-hydrogen) atoms. The number of hydrogen-bond donors (Lipinski definition) is 3. The number of carbonyl (C=O) groups excluding carboxylic acids is 2. The van der Waals surface area contributed by atoms with E-state index in [-0.39, 0.29) is 22.9 Å². The van der Waals surface area contributed by atoms with Crippen molar-refractivity contribution in [3.05, 3.63) is 0 Å². The molecule has 0 aromatic rings. The van der Waals surface area contributed by atoms with Crippen LogP contribution in [0.5, 0.6) is 0 Å². The van der Waals surface area contributed by atoms with E-state index in [1.807, 2.05) is 20.8 Å². The number of rotatable bonds is 9. The zero-order chi connectivity index (χ0) is 22.2. The van der Waals surface area contributed by atoms with Crippen molar-refractivity contribution in [1.82, 2.24) is 10.6 Å². The first kappa shape index (κ1) is 26.7. The molecule has 0 fully saturated rings. The summed E-state index contributed by atoms with van der Waals surface area (Å²) in [5.41, 5.74) is 5.08. The first-order chi connectivity index (χ1) is 12.5. The Morgan fingerprint density at radius 1 is 0.893 bits per heavy atom. The zero-order valence-corrected chi connectivity index (χ0v) is 19.7. The number of nitrogens with two attached hydrogens (primary N) is 1. The van der Waals surface area contributed by atoms with Gasteiger partial charge in [-0.3, -0.25) is 0 Å². The quantitative estimate of drug-likeness (QED) is 0.396. The minimum atomic E-state index is -0.672. The molecule has 2 unspecified atom stereocenters. The fourth-order valence-corrected chi connectivity index (χ4v) is 2.77. The van der Waals surface area contributed by atoms with Gasteiger partial charge >= 0.3 is 12.0 Å². The summed E-state index contributed by atoms with van der Waals surface area (Å²) in [6.45, 7) is 19.0. The van der Waals surface area contributed by atoms with Crippen LogP contribution in [0, 0.1) is 10.8 Å². The lowest BCUT2D eigenvalue weighted by atomic mass is 9.80. The van der Waals surface area contributed by atoms with E-state index in [0.29, 0.717) is 13.0 Å². The van der Waals surface area contributed by atoms with Crippen molar-refractivity contribution in [1.29, 1.82) is 0 Å². The van der Waals surface area contributed by atoms with Crippen molar-refractivity contribution < 1.29 is 14.3 Å². The van der Waals surface area contributed by atoms with Gasteiger partial charge in [-0.15, -0.1) is 0 Å². The standard InChI is InChI=1S/C22H45N3O3/c1-20(2,3)14-13-17(21(4,5)6)25-19(27)24-16(12-10-11-15-23)18(26)28-22(7,8)9/h16-17H,10-15,23H2,1-9H3,(H2,24,25,27). The number of nitrogens with one attached hydrogen (secondary N) is 2. The Morgan fingerprint density at radius 3 is 1.89 bits per heavy atom. The molecule has 2 amide bonds. The van der Waals surface area contributed by atoms with Crippen molar-refractivity contribution in [3.8, 4) is 0 Å². The molecule has 6 heteroatoms. The van der Waals surface area contributed by atoms with Crippen LogP contribution in [0.4, 0.5) is 4.79 Å². The predicted molar refractivity (Wildman–Crippen MR) is 116 cm³/mol. The summed E-state index contributed by atoms with van der Waals surface area (Å²) in [6, 6.07) is -0.985. The highest BCUT2D eigenvalue weighted by Crippen LogP contribution is 2.28. The lowest BCUT2D eigenvalue weighted by molar-refractivity contribution is -0.157. The number of urea groups is 1. The predicted octanol–water partition coefficient (Wildman–Crippen LogP) is 4.37. The van der Waals surface area contributed by atoms with Crippen LogP contribution in [0.1, 0.15) is 94.4 Å². The molecule has 0 rings (SSSR count). The second-order valence-corrected chi connectivity index (χ2v) is 11.0. The van der Waals surface area contributed by atoms with E-state index in [1.165, 1.54) is 0 Å². The Bertz CT molecular complexity index is 485. The molecule has 0 aliphatic heterocycles. The van der Waals surface area contributed by atoms with Crippen molar-refractivity contribution in [2.24, 2.45) is 16.6 Å². The average molecular weight is 400 g/mol. The first-order valence-electron chi connectivity index (χ1n) is 10.5. The maximum atomic E-state index is 12.7. The molecule has 166 valence electrons. The number of amides is 2. The second-order valence-electron chi connectivity index (χ2n) is 11.0. The molecule has 0 saturated heterocycles. The van der Waals surface area contributed by atoms with Crippen molar-refractivity contribution in [2.75, 3.05) is 6.54 Å². The molecule has 0 aliphatic rings. The summed E-state index contributed by atoms with van der Waals surface area (Å²) in [6.07, 6.45) is 3.96. The fraction of sp³-hybridized carbons (Fsp3) is 0.909. The van der Waals surface area contributed by atoms with Crippen LogP contribution in [0.25, 0.3) is 0 Å². The van der Waals surface area contributed by atoms with E-state index in [4.69, 9.17) is 10.5 Å². The molecule has 0 aromatic heterocycles. The summed E-state index contributed by atoms with van der Waals surface area (Å²) >= 11 is 0. The molecule has 0 aromatic carbocycles. The minimum Gasteiger partial charge on any atom is -0.458 e. The lowest BCUT2D eigenvalue weighted by Crippen LogP contribution is -2.53. The van der Waals surface area contributed by atoms with Gasteiger partial charge in [0, 0.05) is 6.04 Å². The van der Waals surface area contributed by atoms with E-state index in [9.17, 15) is 9.59 Å². The van der Waals surface area contributed by atoms with E-state index in [1.54, 1.807) is 0 Å². The summed E-state index contributed by atoms with van der Waals surface area (Å²) in [5.74, 6) is -0.401. The highest BCUT2D eigenvalue weighted by molar-refractivity contribution is 5.83. The Kier molecular flexibility index (Phi) is 10.5. The molecule has 0 saturated carbocycles. The molecule has 2 atom stereocenters. The Morgan fingerprint density at radius 2 is 1.46 bits per heavy atom. The van der Waals surface area contributed by atoms with Gasteiger partial charge in [0.15, 0.2) is 0 Å². The monoisotopic (exact) mass is 399 g/mol. The van der Waals surface area contributed by atoms with Crippen molar-refractivity contribution in [3.63, 3.8) is 0 Å². The van der Waals surface area contributed by atoms with Gasteiger partial charge in [0.25, 0.3) is 0 Å². The van der Waals surface area contributed by atoms with Gasteiger partial charge in [-0.05, 0) is 70.3 Å². The SMILES string of the molecule is CC(C)(C)CCC(NC(=O)NC(CCCCN)C(=O)OC(C)(C)C)C(C)(C)C. The van der Waals surface area contributed by atoms with E-state index in [0.717, 1.165) is 25.7 Å². The summed E-state index contributed by atoms with van der Waals surface area (Å²) in [5, 5.41) is 5.92. The van der Waals surface area contributed by atoms with Gasteiger partial charge in [-0.2, -0.15) is 0 Å². The van der Waals surface area contributed by atoms with Crippen LogP contribution in [0.3, 0.4) is 0 Å². The van der Waals surface area contributed by atoms with Crippen molar-refractivity contribution >= 4 is 12.0 Å². The summed E-state index contributed by atoms with van der Waals surface area (Å²) < 4.78 is 5.48. The second kappa shape index (κ2) is 11.0. The van der Waals surface area contributed by atoms with Gasteiger partial charge in [-0.25, -0.2) is 9.59 Å². The number of esters is 1. The van der Waals surface area contributed by atoms with Crippen LogP contribution in [-0.4, -0.2) is 36.2 Å². The topological polar surface area (TPSA) is 93.5 Å². The van der Waals surface area contributed by atoms with Crippen LogP contribution in [-0.2, 0) is 9.53 Å². The third kappa shape index (κ3) is 13.0. The zero-order valence-electron chi connectivity index (χ0n) is 19.7. The van der Waals surface area contributed by atoms with Gasteiger partial charge in [-0.1, -0.05) is 41.5 Å². The Balaban J connectivity index is 5.06. The molecule has 6 nitrogen and oxygen atoms in total. The maximum absolute atomic E-state index is 12.7. The molecule has 0 spiro atoms. The number of hydrogen-bond acceptors (Lipinski definition) is 4. The van der Waals surface area contributed by atoms with E-state index < -0.39 is 17.6 Å². The highest BCUT2D eigenvalue weighted by Gasteiger charge is 2.30. The number of unbranched alkanes of at least 4 members (excludes halogenated alkanes) is 1. The van der Waals surface area contributed by atoms with Crippen LogP contribution >= 0.6 is 0 Å². The molecule has 0 heterocycles. The van der Waals surface area contributed by atoms with E-state index in [2.05, 4.69) is 52.2 Å². The minimum absolute atomic E-state index is 0.00931. The number of carbonyl (C=O) groups is 2. The fourth-order valence-electron chi connectivity index (χ4n) is 2.77. The smallest absolute Gasteiger partial charge is 0.329 e. The highest BCUT2D eigenvalue weighted by atomic mass is 16.6. The summed E-state index contributed by atoms with van der Waals surface area (Å²) in [4.78, 5) is 25.2. The normalized spacial score (nSPS) is 14.9. The van der Waals surface area contributed by atoms with Gasteiger partial charge in [0.05, 0.1) is 0 Å². The van der Waals surface area contributed by atoms with Gasteiger partial charge < -0.3 is 21.1 Å². The van der Waals surface area contributed by atoms with Gasteiger partial charge in [0.1, 0.15) is 11.6 Å². The Hall–Kier alpha value is -1.30. The van der Waals surface area contributed by atoms with Crippen LogP contribution in [0.15, 0.2) is 0 Å². The molecular formula is C22H45N3O3. The van der Waals surface area contributed by atoms with E-state index >= 15 is 0 Å². The largest absolute Gasteiger partial charge is 0.458 e. The van der Waals surface area contributed by atoms with Crippen LogP contribution < -0.4 is 16.4 Å². The molecule has 0 radical (unpaired) electrons.